The van der Waals surface area contributed by atoms with E-state index in [0.29, 0.717) is 5.56 Å². The molecule has 0 spiro atoms. The minimum Gasteiger partial charge on any atom is -0.508 e. The Labute approximate surface area is 70.8 Å². The summed E-state index contributed by atoms with van der Waals surface area (Å²) in [5.41, 5.74) is 6.23. The molecule has 0 heterocycles. The van der Waals surface area contributed by atoms with Crippen LogP contribution in [-0.2, 0) is 4.79 Å². The molecule has 1 atom stereocenters. The number of nitrogens with two attached hydrogens (primary N) is 1. The molecule has 12 heavy (non-hydrogen) atoms. The molecule has 0 aromatic heterocycles. The highest BCUT2D eigenvalue weighted by atomic mass is 16.3. The number of carbonyl (C=O) groups excluding carboxylic acids is 1. The summed E-state index contributed by atoms with van der Waals surface area (Å²) < 4.78 is 0. The fraction of sp³-hybridized carbons (Fsp3) is 0.222. The second kappa shape index (κ2) is 3.88. The molecule has 1 rings (SSSR count). The van der Waals surface area contributed by atoms with Gasteiger partial charge in [-0.1, -0.05) is 18.2 Å². The summed E-state index contributed by atoms with van der Waals surface area (Å²) in [4.78, 5) is 10.1. The zero-order valence-corrected chi connectivity index (χ0v) is 6.60. The van der Waals surface area contributed by atoms with E-state index in [1.54, 1.807) is 24.3 Å². The van der Waals surface area contributed by atoms with Gasteiger partial charge in [0.25, 0.3) is 0 Å². The van der Waals surface area contributed by atoms with E-state index in [-0.39, 0.29) is 12.2 Å². The van der Waals surface area contributed by atoms with Crippen LogP contribution in [0.3, 0.4) is 0 Å². The van der Waals surface area contributed by atoms with Crippen molar-refractivity contribution in [2.45, 2.75) is 12.5 Å². The van der Waals surface area contributed by atoms with Gasteiger partial charge in [-0.2, -0.15) is 0 Å². The molecule has 3 heteroatoms. The first-order valence-corrected chi connectivity index (χ1v) is 3.73. The second-order valence-corrected chi connectivity index (χ2v) is 2.57. The first kappa shape index (κ1) is 8.74. The third-order valence-corrected chi connectivity index (χ3v) is 1.69. The number of benzene rings is 1. The molecule has 0 aliphatic rings. The third-order valence-electron chi connectivity index (χ3n) is 1.69. The van der Waals surface area contributed by atoms with Crippen LogP contribution in [0.5, 0.6) is 5.75 Å². The van der Waals surface area contributed by atoms with Gasteiger partial charge in [0.15, 0.2) is 0 Å². The van der Waals surface area contributed by atoms with Crippen molar-refractivity contribution in [2.75, 3.05) is 0 Å². The van der Waals surface area contributed by atoms with Gasteiger partial charge in [0.05, 0.1) is 0 Å². The second-order valence-electron chi connectivity index (χ2n) is 2.57. The number of para-hydroxylation sites is 1. The van der Waals surface area contributed by atoms with E-state index in [1.807, 2.05) is 0 Å². The van der Waals surface area contributed by atoms with E-state index in [0.717, 1.165) is 6.29 Å². The standard InChI is InChI=1S/C9H11NO2/c10-8(5-6-11)7-3-1-2-4-9(7)12/h1-4,6,8,12H,5,10H2. The Morgan fingerprint density at radius 2 is 2.17 bits per heavy atom. The monoisotopic (exact) mass is 165 g/mol. The van der Waals surface area contributed by atoms with E-state index in [2.05, 4.69) is 0 Å². The predicted octanol–water partition coefficient (Wildman–Crippen LogP) is 0.981. The zero-order chi connectivity index (χ0) is 8.97. The minimum atomic E-state index is -0.399. The average molecular weight is 165 g/mol. The van der Waals surface area contributed by atoms with Gasteiger partial charge in [-0.05, 0) is 6.07 Å². The molecule has 3 N–H and O–H groups in total. The molecule has 0 radical (unpaired) electrons. The number of hydrogen-bond donors (Lipinski definition) is 2. The molecule has 0 aliphatic carbocycles. The average Bonchev–Trinajstić information content (AvgIpc) is 2.05. The Morgan fingerprint density at radius 3 is 2.75 bits per heavy atom. The smallest absolute Gasteiger partial charge is 0.121 e. The first-order chi connectivity index (χ1) is 5.75. The lowest BCUT2D eigenvalue weighted by Crippen LogP contribution is -2.10. The van der Waals surface area contributed by atoms with Gasteiger partial charge in [-0.3, -0.25) is 0 Å². The molecule has 3 nitrogen and oxygen atoms in total. The molecular weight excluding hydrogens is 154 g/mol. The van der Waals surface area contributed by atoms with E-state index >= 15 is 0 Å². The fourth-order valence-electron chi connectivity index (χ4n) is 1.03. The lowest BCUT2D eigenvalue weighted by atomic mass is 10.0. The van der Waals surface area contributed by atoms with Crippen LogP contribution in [0.1, 0.15) is 18.0 Å². The maximum atomic E-state index is 10.1. The van der Waals surface area contributed by atoms with Gasteiger partial charge in [0, 0.05) is 18.0 Å². The van der Waals surface area contributed by atoms with Crippen molar-refractivity contribution in [3.63, 3.8) is 0 Å². The van der Waals surface area contributed by atoms with Gasteiger partial charge < -0.3 is 15.6 Å². The van der Waals surface area contributed by atoms with Crippen molar-refractivity contribution < 1.29 is 9.90 Å². The molecule has 64 valence electrons. The van der Waals surface area contributed by atoms with Crippen LogP contribution >= 0.6 is 0 Å². The molecule has 0 amide bonds. The van der Waals surface area contributed by atoms with Crippen LogP contribution in [0.2, 0.25) is 0 Å². The predicted molar refractivity (Wildman–Crippen MR) is 45.7 cm³/mol. The molecule has 0 saturated carbocycles. The Morgan fingerprint density at radius 1 is 1.50 bits per heavy atom. The molecule has 0 saturated heterocycles. The SMILES string of the molecule is NC(CC=O)c1ccccc1O. The molecule has 0 fully saturated rings. The van der Waals surface area contributed by atoms with E-state index < -0.39 is 6.04 Å². The summed E-state index contributed by atoms with van der Waals surface area (Å²) in [7, 11) is 0. The summed E-state index contributed by atoms with van der Waals surface area (Å²) in [5, 5.41) is 9.31. The lowest BCUT2D eigenvalue weighted by molar-refractivity contribution is -0.108. The number of aldehydes is 1. The van der Waals surface area contributed by atoms with E-state index in [4.69, 9.17) is 5.73 Å². The number of hydrogen-bond acceptors (Lipinski definition) is 3. The normalized spacial score (nSPS) is 12.4. The van der Waals surface area contributed by atoms with Crippen LogP contribution in [0.4, 0.5) is 0 Å². The molecule has 0 aliphatic heterocycles. The highest BCUT2D eigenvalue weighted by Gasteiger charge is 2.08. The Bertz CT molecular complexity index is 273. The third kappa shape index (κ3) is 1.83. The minimum absolute atomic E-state index is 0.145. The highest BCUT2D eigenvalue weighted by molar-refractivity contribution is 5.52. The number of rotatable bonds is 3. The van der Waals surface area contributed by atoms with Gasteiger partial charge in [0.2, 0.25) is 0 Å². The Kier molecular flexibility index (Phi) is 2.82. The summed E-state index contributed by atoms with van der Waals surface area (Å²) >= 11 is 0. The Hall–Kier alpha value is -1.35. The maximum absolute atomic E-state index is 10.1. The van der Waals surface area contributed by atoms with Crippen LogP contribution in [0.25, 0.3) is 0 Å². The molecule has 0 bridgehead atoms. The maximum Gasteiger partial charge on any atom is 0.121 e. The lowest BCUT2D eigenvalue weighted by Gasteiger charge is -2.09. The van der Waals surface area contributed by atoms with E-state index in [9.17, 15) is 9.90 Å². The quantitative estimate of drug-likeness (QED) is 0.656. The largest absolute Gasteiger partial charge is 0.508 e. The van der Waals surface area contributed by atoms with Crippen LogP contribution < -0.4 is 5.73 Å². The molecular formula is C9H11NO2. The summed E-state index contributed by atoms with van der Waals surface area (Å²) in [6.45, 7) is 0. The summed E-state index contributed by atoms with van der Waals surface area (Å²) in [6.07, 6.45) is 0.981. The zero-order valence-electron chi connectivity index (χ0n) is 6.60. The van der Waals surface area contributed by atoms with Crippen LogP contribution in [0.15, 0.2) is 24.3 Å². The van der Waals surface area contributed by atoms with Crippen LogP contribution in [0, 0.1) is 0 Å². The van der Waals surface area contributed by atoms with Crippen molar-refractivity contribution in [1.29, 1.82) is 0 Å². The van der Waals surface area contributed by atoms with Gasteiger partial charge in [0.1, 0.15) is 12.0 Å². The van der Waals surface area contributed by atoms with Gasteiger partial charge in [-0.25, -0.2) is 0 Å². The van der Waals surface area contributed by atoms with Gasteiger partial charge >= 0.3 is 0 Å². The van der Waals surface area contributed by atoms with Crippen molar-refractivity contribution in [1.82, 2.24) is 0 Å². The summed E-state index contributed by atoms with van der Waals surface area (Å²) in [6, 6.07) is 6.36. The van der Waals surface area contributed by atoms with Crippen molar-refractivity contribution in [2.24, 2.45) is 5.73 Å². The highest BCUT2D eigenvalue weighted by Crippen LogP contribution is 2.22. The molecule has 1 unspecified atom stereocenters. The number of phenolic OH excluding ortho intramolecular Hbond substituents is 1. The van der Waals surface area contributed by atoms with Crippen molar-refractivity contribution in [3.05, 3.63) is 29.8 Å². The summed E-state index contributed by atoms with van der Waals surface area (Å²) in [5.74, 6) is 0.145. The Balaban J connectivity index is 2.86. The fourth-order valence-corrected chi connectivity index (χ4v) is 1.03. The number of carbonyl (C=O) groups is 1. The molecule has 1 aromatic rings. The topological polar surface area (TPSA) is 63.3 Å². The van der Waals surface area contributed by atoms with Crippen molar-refractivity contribution in [3.8, 4) is 5.75 Å². The van der Waals surface area contributed by atoms with Crippen LogP contribution in [-0.4, -0.2) is 11.4 Å². The number of phenols is 1. The van der Waals surface area contributed by atoms with Crippen molar-refractivity contribution >= 4 is 6.29 Å². The first-order valence-electron chi connectivity index (χ1n) is 3.73. The number of aromatic hydroxyl groups is 1. The van der Waals surface area contributed by atoms with Gasteiger partial charge in [-0.15, -0.1) is 0 Å². The molecule has 1 aromatic carbocycles. The van der Waals surface area contributed by atoms with E-state index in [1.165, 1.54) is 0 Å².